The van der Waals surface area contributed by atoms with Crippen molar-refractivity contribution in [1.82, 2.24) is 15.2 Å². The molecule has 6 nitrogen and oxygen atoms in total. The van der Waals surface area contributed by atoms with E-state index in [1.807, 2.05) is 25.1 Å². The van der Waals surface area contributed by atoms with E-state index in [-0.39, 0.29) is 5.91 Å². The topological polar surface area (TPSA) is 79.8 Å². The summed E-state index contributed by atoms with van der Waals surface area (Å²) in [4.78, 5) is 15.9. The van der Waals surface area contributed by atoms with Gasteiger partial charge in [-0.05, 0) is 48.9 Å². The van der Waals surface area contributed by atoms with E-state index < -0.39 is 0 Å². The van der Waals surface area contributed by atoms with Gasteiger partial charge >= 0.3 is 0 Å². The Kier molecular flexibility index (Phi) is 4.67. The third-order valence-corrected chi connectivity index (χ3v) is 3.77. The Morgan fingerprint density at radius 1 is 1.04 bits per heavy atom. The van der Waals surface area contributed by atoms with Gasteiger partial charge in [-0.2, -0.15) is 0 Å². The molecule has 24 heavy (non-hydrogen) atoms. The zero-order chi connectivity index (χ0) is 16.9. The van der Waals surface area contributed by atoms with Gasteiger partial charge in [0.1, 0.15) is 0 Å². The van der Waals surface area contributed by atoms with Gasteiger partial charge in [-0.25, -0.2) is 0 Å². The number of hydrogen-bond acceptors (Lipinski definition) is 5. The van der Waals surface area contributed by atoms with Crippen LogP contribution in [0.1, 0.15) is 15.9 Å². The Labute approximate surface area is 143 Å². The summed E-state index contributed by atoms with van der Waals surface area (Å²) >= 11 is 6.09. The predicted molar refractivity (Wildman–Crippen MR) is 93.7 cm³/mol. The molecule has 0 bridgehead atoms. The molecule has 7 heteroatoms. The van der Waals surface area contributed by atoms with Gasteiger partial charge in [0.15, 0.2) is 11.6 Å². The molecule has 3 rings (SSSR count). The number of benzene rings is 1. The number of anilines is 3. The van der Waals surface area contributed by atoms with Gasteiger partial charge in [0.2, 0.25) is 0 Å². The minimum absolute atomic E-state index is 0.288. The maximum atomic E-state index is 12.0. The molecule has 0 fully saturated rings. The van der Waals surface area contributed by atoms with Gasteiger partial charge in [0, 0.05) is 23.1 Å². The molecule has 0 aliphatic rings. The quantitative estimate of drug-likeness (QED) is 0.755. The van der Waals surface area contributed by atoms with Gasteiger partial charge in [0.25, 0.3) is 5.91 Å². The predicted octanol–water partition coefficient (Wildman–Crippen LogP) is 3.83. The van der Waals surface area contributed by atoms with Crippen LogP contribution >= 0.6 is 11.6 Å². The number of hydrogen-bond donors (Lipinski definition) is 2. The van der Waals surface area contributed by atoms with Crippen molar-refractivity contribution in [1.29, 1.82) is 0 Å². The third kappa shape index (κ3) is 3.67. The van der Waals surface area contributed by atoms with E-state index >= 15 is 0 Å². The maximum absolute atomic E-state index is 12.0. The standard InChI is InChI=1S/C17H14ClN5O/c1-11-13(18)5-2-6-14(11)20-15-7-8-16(23-22-15)21-17(24)12-4-3-9-19-10-12/h2-10H,1H3,(H,20,22)(H,21,23,24). The summed E-state index contributed by atoms with van der Waals surface area (Å²) < 4.78 is 0. The number of carbonyl (C=O) groups is 1. The summed E-state index contributed by atoms with van der Waals surface area (Å²) in [5.74, 6) is 0.626. The molecule has 2 aromatic heterocycles. The number of halogens is 1. The molecule has 0 unspecified atom stereocenters. The fourth-order valence-electron chi connectivity index (χ4n) is 2.03. The Balaban J connectivity index is 1.69. The molecule has 120 valence electrons. The molecule has 2 N–H and O–H groups in total. The molecular weight excluding hydrogens is 326 g/mol. The van der Waals surface area contributed by atoms with Crippen LogP contribution in [-0.2, 0) is 0 Å². The molecule has 2 heterocycles. The number of aromatic nitrogens is 3. The minimum atomic E-state index is -0.288. The van der Waals surface area contributed by atoms with Gasteiger partial charge in [0.05, 0.1) is 5.56 Å². The van der Waals surface area contributed by atoms with Crippen molar-refractivity contribution in [3.63, 3.8) is 0 Å². The van der Waals surface area contributed by atoms with Crippen LogP contribution < -0.4 is 10.6 Å². The Morgan fingerprint density at radius 2 is 1.83 bits per heavy atom. The first-order chi connectivity index (χ1) is 11.6. The fourth-order valence-corrected chi connectivity index (χ4v) is 2.21. The first-order valence-corrected chi connectivity index (χ1v) is 7.58. The average molecular weight is 340 g/mol. The highest BCUT2D eigenvalue weighted by atomic mass is 35.5. The van der Waals surface area contributed by atoms with Crippen molar-refractivity contribution >= 4 is 34.8 Å². The second kappa shape index (κ2) is 7.06. The molecule has 0 saturated heterocycles. The summed E-state index contributed by atoms with van der Waals surface area (Å²) in [5, 5.41) is 14.5. The second-order valence-electron chi connectivity index (χ2n) is 5.04. The third-order valence-electron chi connectivity index (χ3n) is 3.36. The van der Waals surface area contributed by atoms with Gasteiger partial charge < -0.3 is 10.6 Å². The largest absolute Gasteiger partial charge is 0.338 e. The molecule has 1 aromatic carbocycles. The van der Waals surface area contributed by atoms with Crippen LogP contribution in [0.2, 0.25) is 5.02 Å². The van der Waals surface area contributed by atoms with Gasteiger partial charge in [-0.15, -0.1) is 10.2 Å². The van der Waals surface area contributed by atoms with Gasteiger partial charge in [-0.1, -0.05) is 17.7 Å². The van der Waals surface area contributed by atoms with Crippen LogP contribution in [0.4, 0.5) is 17.3 Å². The molecule has 3 aromatic rings. The maximum Gasteiger partial charge on any atom is 0.258 e. The highest BCUT2D eigenvalue weighted by Gasteiger charge is 2.08. The van der Waals surface area contributed by atoms with Crippen molar-refractivity contribution in [2.45, 2.75) is 6.92 Å². The van der Waals surface area contributed by atoms with E-state index in [0.29, 0.717) is 22.2 Å². The van der Waals surface area contributed by atoms with E-state index in [1.165, 1.54) is 6.20 Å². The Bertz CT molecular complexity index is 853. The lowest BCUT2D eigenvalue weighted by Crippen LogP contribution is -2.13. The summed E-state index contributed by atoms with van der Waals surface area (Å²) in [6, 6.07) is 12.4. The normalized spacial score (nSPS) is 10.2. The first kappa shape index (κ1) is 15.9. The number of amides is 1. The number of nitrogens with one attached hydrogen (secondary N) is 2. The van der Waals surface area contributed by atoms with Crippen LogP contribution in [0.5, 0.6) is 0 Å². The molecule has 0 aliphatic carbocycles. The van der Waals surface area contributed by atoms with Crippen LogP contribution in [0, 0.1) is 6.92 Å². The zero-order valence-electron chi connectivity index (χ0n) is 12.8. The lowest BCUT2D eigenvalue weighted by atomic mass is 10.2. The smallest absolute Gasteiger partial charge is 0.258 e. The molecule has 0 radical (unpaired) electrons. The number of pyridine rings is 1. The number of nitrogens with zero attached hydrogens (tertiary/aromatic N) is 3. The molecule has 1 amide bonds. The zero-order valence-corrected chi connectivity index (χ0v) is 13.6. The lowest BCUT2D eigenvalue weighted by Gasteiger charge is -2.10. The highest BCUT2D eigenvalue weighted by Crippen LogP contribution is 2.25. The Morgan fingerprint density at radius 3 is 2.54 bits per heavy atom. The highest BCUT2D eigenvalue weighted by molar-refractivity contribution is 6.31. The minimum Gasteiger partial charge on any atom is -0.338 e. The Hall–Kier alpha value is -2.99. The lowest BCUT2D eigenvalue weighted by molar-refractivity contribution is 0.102. The van der Waals surface area contributed by atoms with Crippen LogP contribution in [0.3, 0.4) is 0 Å². The molecule has 0 spiro atoms. The van der Waals surface area contributed by atoms with E-state index in [2.05, 4.69) is 25.8 Å². The van der Waals surface area contributed by atoms with E-state index in [1.54, 1.807) is 30.5 Å². The molecule has 0 saturated carbocycles. The summed E-state index contributed by atoms with van der Waals surface area (Å²) in [7, 11) is 0. The molecular formula is C17H14ClN5O. The number of carbonyl (C=O) groups excluding carboxylic acids is 1. The first-order valence-electron chi connectivity index (χ1n) is 7.21. The molecule has 0 aliphatic heterocycles. The summed E-state index contributed by atoms with van der Waals surface area (Å²) in [6.07, 6.45) is 3.09. The van der Waals surface area contributed by atoms with Crippen molar-refractivity contribution in [3.8, 4) is 0 Å². The SMILES string of the molecule is Cc1c(Cl)cccc1Nc1ccc(NC(=O)c2cccnc2)nn1. The van der Waals surface area contributed by atoms with Crippen molar-refractivity contribution < 1.29 is 4.79 Å². The monoisotopic (exact) mass is 339 g/mol. The van der Waals surface area contributed by atoms with E-state index in [0.717, 1.165) is 11.3 Å². The van der Waals surface area contributed by atoms with Crippen molar-refractivity contribution in [3.05, 3.63) is 71.0 Å². The second-order valence-corrected chi connectivity index (χ2v) is 5.44. The van der Waals surface area contributed by atoms with Crippen LogP contribution in [0.15, 0.2) is 54.9 Å². The summed E-state index contributed by atoms with van der Waals surface area (Å²) in [6.45, 7) is 1.92. The van der Waals surface area contributed by atoms with Gasteiger partial charge in [-0.3, -0.25) is 9.78 Å². The van der Waals surface area contributed by atoms with E-state index in [4.69, 9.17) is 11.6 Å². The van der Waals surface area contributed by atoms with Crippen LogP contribution in [0.25, 0.3) is 0 Å². The van der Waals surface area contributed by atoms with E-state index in [9.17, 15) is 4.79 Å². The van der Waals surface area contributed by atoms with Crippen molar-refractivity contribution in [2.24, 2.45) is 0 Å². The molecule has 0 atom stereocenters. The number of rotatable bonds is 4. The van der Waals surface area contributed by atoms with Crippen LogP contribution in [-0.4, -0.2) is 21.1 Å². The van der Waals surface area contributed by atoms with Crippen molar-refractivity contribution in [2.75, 3.05) is 10.6 Å². The summed E-state index contributed by atoms with van der Waals surface area (Å²) in [5.41, 5.74) is 2.23. The fraction of sp³-hybridized carbons (Fsp3) is 0.0588. The average Bonchev–Trinajstić information content (AvgIpc) is 2.61.